The van der Waals surface area contributed by atoms with Crippen LogP contribution in [0.3, 0.4) is 0 Å². The third kappa shape index (κ3) is 5.05. The topological polar surface area (TPSA) is 78.4 Å². The summed E-state index contributed by atoms with van der Waals surface area (Å²) in [5.74, 6) is -1.07. The fraction of sp³-hybridized carbons (Fsp3) is 0.429. The van der Waals surface area contributed by atoms with Gasteiger partial charge in [-0.2, -0.15) is 0 Å². The maximum Gasteiger partial charge on any atom is 0.326 e. The van der Waals surface area contributed by atoms with E-state index in [9.17, 15) is 9.59 Å². The maximum atomic E-state index is 11.9. The number of hydrogen-bond donors (Lipinski definition) is 3. The molecule has 0 aliphatic rings. The number of nitrogens with one attached hydrogen (secondary N) is 2. The second kappa shape index (κ2) is 8.37. The Bertz CT molecular complexity index is 445. The third-order valence-electron chi connectivity index (χ3n) is 2.78. The van der Waals surface area contributed by atoms with E-state index >= 15 is 0 Å². The smallest absolute Gasteiger partial charge is 0.326 e. The van der Waals surface area contributed by atoms with Gasteiger partial charge in [0.2, 0.25) is 0 Å². The van der Waals surface area contributed by atoms with E-state index in [1.807, 2.05) is 24.4 Å². The van der Waals surface area contributed by atoms with Gasteiger partial charge >= 0.3 is 12.0 Å². The van der Waals surface area contributed by atoms with Crippen LogP contribution in [0.5, 0.6) is 0 Å². The normalized spacial score (nSPS) is 13.2. The minimum atomic E-state index is -1.07. The molecule has 0 aliphatic carbocycles. The van der Waals surface area contributed by atoms with Gasteiger partial charge in [-0.1, -0.05) is 25.5 Å². The number of urea groups is 1. The summed E-state index contributed by atoms with van der Waals surface area (Å²) in [5, 5.41) is 16.2. The summed E-state index contributed by atoms with van der Waals surface area (Å²) < 4.78 is 0. The second-order valence-electron chi connectivity index (χ2n) is 4.39. The number of hydrogen-bond acceptors (Lipinski definition) is 3. The molecule has 1 aromatic heterocycles. The molecule has 0 fully saturated rings. The lowest BCUT2D eigenvalue weighted by Crippen LogP contribution is -2.46. The number of rotatable bonds is 8. The van der Waals surface area contributed by atoms with Crippen molar-refractivity contribution in [1.29, 1.82) is 0 Å². The molecule has 0 bridgehead atoms. The number of thiophene rings is 1. The zero-order chi connectivity index (χ0) is 15.0. The van der Waals surface area contributed by atoms with Crippen LogP contribution >= 0.6 is 11.3 Å². The zero-order valence-corrected chi connectivity index (χ0v) is 12.3. The molecule has 20 heavy (non-hydrogen) atoms. The Hall–Kier alpha value is -1.82. The number of amides is 2. The lowest BCUT2D eigenvalue weighted by molar-refractivity contribution is -0.139. The Morgan fingerprint density at radius 1 is 1.50 bits per heavy atom. The van der Waals surface area contributed by atoms with Crippen molar-refractivity contribution in [3.05, 3.63) is 35.0 Å². The SMILES string of the molecule is C=CCC(NC(=O)NC(CCC)c1cccs1)C(=O)O. The molecule has 6 heteroatoms. The molecular formula is C14H20N2O3S. The summed E-state index contributed by atoms with van der Waals surface area (Å²) in [6, 6.07) is 2.39. The molecule has 0 aliphatic heterocycles. The van der Waals surface area contributed by atoms with Gasteiger partial charge in [0.25, 0.3) is 0 Å². The van der Waals surface area contributed by atoms with Gasteiger partial charge in [0.15, 0.2) is 0 Å². The van der Waals surface area contributed by atoms with Crippen molar-refractivity contribution in [2.24, 2.45) is 0 Å². The van der Waals surface area contributed by atoms with Crippen molar-refractivity contribution in [3.8, 4) is 0 Å². The Balaban J connectivity index is 2.61. The highest BCUT2D eigenvalue weighted by Gasteiger charge is 2.20. The van der Waals surface area contributed by atoms with Gasteiger partial charge in [-0.25, -0.2) is 9.59 Å². The van der Waals surface area contributed by atoms with E-state index < -0.39 is 18.0 Å². The number of carboxylic acids is 1. The first-order valence-corrected chi connectivity index (χ1v) is 7.40. The van der Waals surface area contributed by atoms with E-state index in [1.165, 1.54) is 6.08 Å². The third-order valence-corrected chi connectivity index (χ3v) is 3.76. The van der Waals surface area contributed by atoms with Crippen molar-refractivity contribution in [1.82, 2.24) is 10.6 Å². The molecule has 3 N–H and O–H groups in total. The molecule has 0 aromatic carbocycles. The van der Waals surface area contributed by atoms with Crippen molar-refractivity contribution in [2.45, 2.75) is 38.3 Å². The van der Waals surface area contributed by atoms with E-state index in [0.29, 0.717) is 0 Å². The Kier molecular flexibility index (Phi) is 6.79. The molecule has 0 saturated carbocycles. The summed E-state index contributed by atoms with van der Waals surface area (Å²) >= 11 is 1.57. The van der Waals surface area contributed by atoms with E-state index in [-0.39, 0.29) is 12.5 Å². The van der Waals surface area contributed by atoms with E-state index in [1.54, 1.807) is 11.3 Å². The molecule has 1 aromatic rings. The molecular weight excluding hydrogens is 276 g/mol. The van der Waals surface area contributed by atoms with Gasteiger partial charge in [0.05, 0.1) is 6.04 Å². The van der Waals surface area contributed by atoms with Crippen LogP contribution in [0.15, 0.2) is 30.2 Å². The summed E-state index contributed by atoms with van der Waals surface area (Å²) in [6.07, 6.45) is 3.41. The first-order chi connectivity index (χ1) is 9.58. The van der Waals surface area contributed by atoms with Crippen molar-refractivity contribution >= 4 is 23.3 Å². The van der Waals surface area contributed by atoms with Crippen molar-refractivity contribution in [2.75, 3.05) is 0 Å². The minimum Gasteiger partial charge on any atom is -0.480 e. The predicted octanol–water partition coefficient (Wildman–Crippen LogP) is 2.92. The highest BCUT2D eigenvalue weighted by molar-refractivity contribution is 7.10. The van der Waals surface area contributed by atoms with Crippen LogP contribution in [0.4, 0.5) is 4.79 Å². The molecule has 2 atom stereocenters. The van der Waals surface area contributed by atoms with Gasteiger partial charge in [0.1, 0.15) is 6.04 Å². The van der Waals surface area contributed by atoms with Crippen LogP contribution in [0.2, 0.25) is 0 Å². The molecule has 0 spiro atoms. The largest absolute Gasteiger partial charge is 0.480 e. The minimum absolute atomic E-state index is 0.0850. The fourth-order valence-corrected chi connectivity index (χ4v) is 2.62. The number of carboxylic acid groups (broad SMARTS) is 1. The quantitative estimate of drug-likeness (QED) is 0.645. The average molecular weight is 296 g/mol. The first kappa shape index (κ1) is 16.2. The van der Waals surface area contributed by atoms with Crippen LogP contribution in [-0.2, 0) is 4.79 Å². The molecule has 1 rings (SSSR count). The number of carbonyl (C=O) groups is 2. The lowest BCUT2D eigenvalue weighted by atomic mass is 10.1. The Morgan fingerprint density at radius 3 is 2.75 bits per heavy atom. The molecule has 110 valence electrons. The van der Waals surface area contributed by atoms with Gasteiger partial charge in [-0.3, -0.25) is 0 Å². The van der Waals surface area contributed by atoms with E-state index in [4.69, 9.17) is 5.11 Å². The monoisotopic (exact) mass is 296 g/mol. The fourth-order valence-electron chi connectivity index (χ4n) is 1.81. The molecule has 5 nitrogen and oxygen atoms in total. The molecule has 0 radical (unpaired) electrons. The first-order valence-electron chi connectivity index (χ1n) is 6.52. The van der Waals surface area contributed by atoms with Gasteiger partial charge in [0, 0.05) is 4.88 Å². The van der Waals surface area contributed by atoms with Crippen LogP contribution in [0.1, 0.15) is 37.1 Å². The van der Waals surface area contributed by atoms with E-state index in [0.717, 1.165) is 17.7 Å². The highest BCUT2D eigenvalue weighted by atomic mass is 32.1. The molecule has 0 saturated heterocycles. The van der Waals surface area contributed by atoms with Gasteiger partial charge in [-0.15, -0.1) is 17.9 Å². The second-order valence-corrected chi connectivity index (χ2v) is 5.37. The van der Waals surface area contributed by atoms with Crippen molar-refractivity contribution < 1.29 is 14.7 Å². The number of aliphatic carboxylic acids is 1. The molecule has 2 unspecified atom stereocenters. The number of carbonyl (C=O) groups excluding carboxylic acids is 1. The Morgan fingerprint density at radius 2 is 2.25 bits per heavy atom. The standard InChI is InChI=1S/C14H20N2O3S/c1-3-6-10(12-8-5-9-20-12)15-14(19)16-11(7-4-2)13(17)18/h4-5,8-11H,2-3,6-7H2,1H3,(H,17,18)(H2,15,16,19). The zero-order valence-electron chi connectivity index (χ0n) is 11.5. The molecule has 2 amide bonds. The Labute approximate surface area is 122 Å². The summed E-state index contributed by atoms with van der Waals surface area (Å²) in [6.45, 7) is 5.53. The van der Waals surface area contributed by atoms with Crippen LogP contribution < -0.4 is 10.6 Å². The summed E-state index contributed by atoms with van der Waals surface area (Å²) in [7, 11) is 0. The maximum absolute atomic E-state index is 11.9. The summed E-state index contributed by atoms with van der Waals surface area (Å²) in [4.78, 5) is 23.9. The van der Waals surface area contributed by atoms with Crippen LogP contribution in [-0.4, -0.2) is 23.1 Å². The van der Waals surface area contributed by atoms with E-state index in [2.05, 4.69) is 17.2 Å². The van der Waals surface area contributed by atoms with Crippen LogP contribution in [0.25, 0.3) is 0 Å². The van der Waals surface area contributed by atoms with Crippen LogP contribution in [0, 0.1) is 0 Å². The highest BCUT2D eigenvalue weighted by Crippen LogP contribution is 2.22. The van der Waals surface area contributed by atoms with Gasteiger partial charge in [-0.05, 0) is 24.3 Å². The average Bonchev–Trinajstić information content (AvgIpc) is 2.91. The lowest BCUT2D eigenvalue weighted by Gasteiger charge is -2.19. The summed E-state index contributed by atoms with van der Waals surface area (Å²) in [5.41, 5.74) is 0. The van der Waals surface area contributed by atoms with Gasteiger partial charge < -0.3 is 15.7 Å². The molecule has 1 heterocycles. The van der Waals surface area contributed by atoms with Crippen molar-refractivity contribution in [3.63, 3.8) is 0 Å². The predicted molar refractivity (Wildman–Crippen MR) is 79.9 cm³/mol.